The van der Waals surface area contributed by atoms with E-state index in [1.807, 2.05) is 0 Å². The van der Waals surface area contributed by atoms with E-state index in [1.54, 1.807) is 42.5 Å². The molecule has 21 heavy (non-hydrogen) atoms. The van der Waals surface area contributed by atoms with Crippen molar-refractivity contribution in [3.05, 3.63) is 65.2 Å². The molecule has 6 heteroatoms. The SMILES string of the molecule is O=C(CS(=O)(=O)c1ccccc1)NCc1cccc(Cl)c1. The smallest absolute Gasteiger partial charge is 0.235 e. The highest BCUT2D eigenvalue weighted by Crippen LogP contribution is 2.11. The highest BCUT2D eigenvalue weighted by Gasteiger charge is 2.18. The predicted molar refractivity (Wildman–Crippen MR) is 81.8 cm³/mol. The van der Waals surface area contributed by atoms with Crippen LogP contribution in [0.2, 0.25) is 5.02 Å². The van der Waals surface area contributed by atoms with E-state index in [-0.39, 0.29) is 11.4 Å². The number of carbonyl (C=O) groups excluding carboxylic acids is 1. The Kier molecular flexibility index (Phi) is 4.98. The first kappa shape index (κ1) is 15.5. The molecule has 0 aliphatic carbocycles. The third-order valence-electron chi connectivity index (χ3n) is 2.80. The second kappa shape index (κ2) is 6.74. The van der Waals surface area contributed by atoms with E-state index in [0.29, 0.717) is 5.02 Å². The molecule has 0 bridgehead atoms. The monoisotopic (exact) mass is 323 g/mol. The third kappa shape index (κ3) is 4.58. The van der Waals surface area contributed by atoms with E-state index < -0.39 is 21.5 Å². The molecule has 0 saturated heterocycles. The zero-order valence-corrected chi connectivity index (χ0v) is 12.7. The minimum Gasteiger partial charge on any atom is -0.351 e. The molecule has 0 unspecified atom stereocenters. The standard InChI is InChI=1S/C15H14ClNO3S/c16-13-6-4-5-12(9-13)10-17-15(18)11-21(19,20)14-7-2-1-3-8-14/h1-9H,10-11H2,(H,17,18). The van der Waals surface area contributed by atoms with Crippen LogP contribution < -0.4 is 5.32 Å². The topological polar surface area (TPSA) is 63.2 Å². The fraction of sp³-hybridized carbons (Fsp3) is 0.133. The summed E-state index contributed by atoms with van der Waals surface area (Å²) in [5, 5.41) is 3.14. The number of carbonyl (C=O) groups is 1. The van der Waals surface area contributed by atoms with Crippen LogP contribution in [0.15, 0.2) is 59.5 Å². The van der Waals surface area contributed by atoms with Crippen molar-refractivity contribution in [3.63, 3.8) is 0 Å². The summed E-state index contributed by atoms with van der Waals surface area (Å²) >= 11 is 5.84. The van der Waals surface area contributed by atoms with Crippen LogP contribution in [0.5, 0.6) is 0 Å². The van der Waals surface area contributed by atoms with E-state index in [0.717, 1.165) is 5.56 Å². The number of nitrogens with one attached hydrogen (secondary N) is 1. The fourth-order valence-corrected chi connectivity index (χ4v) is 3.18. The number of hydrogen-bond acceptors (Lipinski definition) is 3. The van der Waals surface area contributed by atoms with Gasteiger partial charge in [0.15, 0.2) is 9.84 Å². The normalized spacial score (nSPS) is 11.1. The fourth-order valence-electron chi connectivity index (χ4n) is 1.78. The molecule has 2 rings (SSSR count). The Morgan fingerprint density at radius 1 is 1.05 bits per heavy atom. The summed E-state index contributed by atoms with van der Waals surface area (Å²) in [5.41, 5.74) is 0.813. The van der Waals surface area contributed by atoms with Crippen molar-refractivity contribution in [2.24, 2.45) is 0 Å². The van der Waals surface area contributed by atoms with Gasteiger partial charge in [0.1, 0.15) is 5.75 Å². The minimum absolute atomic E-state index is 0.142. The van der Waals surface area contributed by atoms with Crippen LogP contribution in [-0.2, 0) is 21.2 Å². The lowest BCUT2D eigenvalue weighted by molar-refractivity contribution is -0.118. The summed E-state index contributed by atoms with van der Waals surface area (Å²) in [6.45, 7) is 0.240. The molecule has 110 valence electrons. The maximum absolute atomic E-state index is 12.0. The molecule has 2 aromatic rings. The van der Waals surface area contributed by atoms with Gasteiger partial charge < -0.3 is 5.32 Å². The van der Waals surface area contributed by atoms with Gasteiger partial charge in [0.05, 0.1) is 4.90 Å². The van der Waals surface area contributed by atoms with Crippen LogP contribution in [0.4, 0.5) is 0 Å². The molecule has 1 N–H and O–H groups in total. The summed E-state index contributed by atoms with van der Waals surface area (Å²) in [6, 6.07) is 14.9. The number of halogens is 1. The van der Waals surface area contributed by atoms with Gasteiger partial charge in [0.2, 0.25) is 5.91 Å². The van der Waals surface area contributed by atoms with Crippen LogP contribution >= 0.6 is 11.6 Å². The molecular formula is C15H14ClNO3S. The first-order chi connectivity index (χ1) is 9.97. The van der Waals surface area contributed by atoms with Gasteiger partial charge in [-0.25, -0.2) is 8.42 Å². The van der Waals surface area contributed by atoms with Crippen molar-refractivity contribution in [2.75, 3.05) is 5.75 Å². The van der Waals surface area contributed by atoms with Crippen molar-refractivity contribution < 1.29 is 13.2 Å². The van der Waals surface area contributed by atoms with Crippen LogP contribution in [0.25, 0.3) is 0 Å². The zero-order valence-electron chi connectivity index (χ0n) is 11.1. The number of amides is 1. The van der Waals surface area contributed by atoms with Crippen LogP contribution in [0.1, 0.15) is 5.56 Å². The second-order valence-electron chi connectivity index (χ2n) is 4.48. The lowest BCUT2D eigenvalue weighted by Crippen LogP contribution is -2.29. The van der Waals surface area contributed by atoms with E-state index in [9.17, 15) is 13.2 Å². The van der Waals surface area contributed by atoms with Crippen molar-refractivity contribution in [1.29, 1.82) is 0 Å². The summed E-state index contributed by atoms with van der Waals surface area (Å²) in [4.78, 5) is 11.9. The number of rotatable bonds is 5. The minimum atomic E-state index is -3.61. The Hall–Kier alpha value is -1.85. The Labute approximate surface area is 128 Å². The van der Waals surface area contributed by atoms with Gasteiger partial charge >= 0.3 is 0 Å². The molecule has 1 amide bonds. The highest BCUT2D eigenvalue weighted by atomic mass is 35.5. The molecule has 0 fully saturated rings. The van der Waals surface area contributed by atoms with Gasteiger partial charge in [-0.05, 0) is 29.8 Å². The second-order valence-corrected chi connectivity index (χ2v) is 6.90. The van der Waals surface area contributed by atoms with Crippen molar-refractivity contribution in [3.8, 4) is 0 Å². The molecule has 0 atom stereocenters. The largest absolute Gasteiger partial charge is 0.351 e. The summed E-state index contributed by atoms with van der Waals surface area (Å²) in [5.74, 6) is -1.11. The van der Waals surface area contributed by atoms with Crippen LogP contribution in [0.3, 0.4) is 0 Å². The van der Waals surface area contributed by atoms with Gasteiger partial charge in [0.25, 0.3) is 0 Å². The van der Waals surface area contributed by atoms with Gasteiger partial charge in [-0.2, -0.15) is 0 Å². The Bertz CT molecular complexity index is 730. The average molecular weight is 324 g/mol. The highest BCUT2D eigenvalue weighted by molar-refractivity contribution is 7.92. The Morgan fingerprint density at radius 2 is 1.76 bits per heavy atom. The number of benzene rings is 2. The Morgan fingerprint density at radius 3 is 2.43 bits per heavy atom. The maximum atomic E-state index is 12.0. The first-order valence-corrected chi connectivity index (χ1v) is 8.29. The van der Waals surface area contributed by atoms with Gasteiger partial charge in [-0.15, -0.1) is 0 Å². The molecule has 2 aromatic carbocycles. The average Bonchev–Trinajstić information content (AvgIpc) is 2.46. The van der Waals surface area contributed by atoms with Crippen molar-refractivity contribution in [2.45, 2.75) is 11.4 Å². The third-order valence-corrected chi connectivity index (χ3v) is 4.67. The Balaban J connectivity index is 1.96. The van der Waals surface area contributed by atoms with Crippen molar-refractivity contribution >= 4 is 27.3 Å². The lowest BCUT2D eigenvalue weighted by Gasteiger charge is -2.07. The molecule has 4 nitrogen and oxygen atoms in total. The molecule has 0 aromatic heterocycles. The summed E-state index contributed by atoms with van der Waals surface area (Å²) < 4.78 is 24.1. The summed E-state index contributed by atoms with van der Waals surface area (Å²) in [7, 11) is -3.61. The van der Waals surface area contributed by atoms with E-state index in [1.165, 1.54) is 12.1 Å². The zero-order chi connectivity index (χ0) is 15.3. The molecule has 0 spiro atoms. The predicted octanol–water partition coefficient (Wildman–Crippen LogP) is 2.43. The van der Waals surface area contributed by atoms with E-state index in [4.69, 9.17) is 11.6 Å². The first-order valence-electron chi connectivity index (χ1n) is 6.26. The molecule has 0 radical (unpaired) electrons. The van der Waals surface area contributed by atoms with E-state index >= 15 is 0 Å². The maximum Gasteiger partial charge on any atom is 0.235 e. The van der Waals surface area contributed by atoms with E-state index in [2.05, 4.69) is 5.32 Å². The van der Waals surface area contributed by atoms with Crippen molar-refractivity contribution in [1.82, 2.24) is 5.32 Å². The molecule has 0 aliphatic heterocycles. The summed E-state index contributed by atoms with van der Waals surface area (Å²) in [6.07, 6.45) is 0. The van der Waals surface area contributed by atoms with Gasteiger partial charge in [0, 0.05) is 11.6 Å². The number of hydrogen-bond donors (Lipinski definition) is 1. The lowest BCUT2D eigenvalue weighted by atomic mass is 10.2. The van der Waals surface area contributed by atoms with Crippen LogP contribution in [0, 0.1) is 0 Å². The van der Waals surface area contributed by atoms with Gasteiger partial charge in [-0.3, -0.25) is 4.79 Å². The molecule has 0 aliphatic rings. The molecule has 0 heterocycles. The van der Waals surface area contributed by atoms with Gasteiger partial charge in [-0.1, -0.05) is 41.9 Å². The molecular weight excluding hydrogens is 310 g/mol. The van der Waals surface area contributed by atoms with Crippen LogP contribution in [-0.4, -0.2) is 20.1 Å². The number of sulfone groups is 1. The quantitative estimate of drug-likeness (QED) is 0.919. The molecule has 0 saturated carbocycles.